The highest BCUT2D eigenvalue weighted by Gasteiger charge is 2.27. The minimum atomic E-state index is -1.53. The Balaban J connectivity index is 2.68. The van der Waals surface area contributed by atoms with Crippen molar-refractivity contribution in [3.63, 3.8) is 0 Å². The van der Waals surface area contributed by atoms with E-state index in [2.05, 4.69) is 32.5 Å². The van der Waals surface area contributed by atoms with E-state index >= 15 is 0 Å². The Morgan fingerprint density at radius 1 is 1.12 bits per heavy atom. The van der Waals surface area contributed by atoms with Crippen LogP contribution < -0.4 is 10.6 Å². The van der Waals surface area contributed by atoms with Crippen LogP contribution in [0.5, 0.6) is 0 Å². The van der Waals surface area contributed by atoms with Gasteiger partial charge in [-0.15, -0.1) is 10.2 Å². The van der Waals surface area contributed by atoms with E-state index in [0.29, 0.717) is 0 Å². The van der Waals surface area contributed by atoms with Gasteiger partial charge in [0.2, 0.25) is 0 Å². The van der Waals surface area contributed by atoms with E-state index in [-0.39, 0.29) is 24.2 Å². The lowest BCUT2D eigenvalue weighted by Crippen LogP contribution is -2.51. The number of aromatic nitrogens is 4. The summed E-state index contributed by atoms with van der Waals surface area (Å²) in [6, 6.07) is -4.12. The number of aliphatic carboxylic acids is 3. The van der Waals surface area contributed by atoms with Crippen molar-refractivity contribution in [2.45, 2.75) is 31.3 Å². The molecule has 6 N–H and O–H groups in total. The zero-order chi connectivity index (χ0) is 19.0. The third-order valence-electron chi connectivity index (χ3n) is 2.96. The highest BCUT2D eigenvalue weighted by atomic mass is 16.4. The number of aromatic amines is 1. The Morgan fingerprint density at radius 2 is 1.80 bits per heavy atom. The van der Waals surface area contributed by atoms with Crippen LogP contribution in [-0.4, -0.2) is 72.0 Å². The van der Waals surface area contributed by atoms with Crippen LogP contribution in [0.2, 0.25) is 0 Å². The van der Waals surface area contributed by atoms with Gasteiger partial charge in [-0.3, -0.25) is 4.79 Å². The van der Waals surface area contributed by atoms with Gasteiger partial charge in [-0.25, -0.2) is 14.4 Å². The summed E-state index contributed by atoms with van der Waals surface area (Å²) >= 11 is 0. The number of carbonyl (C=O) groups excluding carboxylic acids is 1. The molecule has 0 fully saturated rings. The average Bonchev–Trinajstić information content (AvgIpc) is 3.00. The quantitative estimate of drug-likeness (QED) is 0.264. The molecule has 0 radical (unpaired) electrons. The predicted molar refractivity (Wildman–Crippen MR) is 78.4 cm³/mol. The van der Waals surface area contributed by atoms with E-state index in [0.717, 1.165) is 0 Å². The summed E-state index contributed by atoms with van der Waals surface area (Å²) < 4.78 is 0. The Kier molecular flexibility index (Phi) is 6.99. The summed E-state index contributed by atoms with van der Waals surface area (Å²) in [6.07, 6.45) is -0.932. The molecule has 1 aromatic heterocycles. The second-order valence-corrected chi connectivity index (χ2v) is 4.88. The zero-order valence-corrected chi connectivity index (χ0v) is 12.8. The Labute approximate surface area is 140 Å². The molecule has 25 heavy (non-hydrogen) atoms. The number of H-pyrrole nitrogens is 1. The number of amides is 2. The maximum absolute atomic E-state index is 11.8. The minimum absolute atomic E-state index is 0.0291. The van der Waals surface area contributed by atoms with Crippen LogP contribution in [0.25, 0.3) is 0 Å². The van der Waals surface area contributed by atoms with Crippen molar-refractivity contribution < 1.29 is 34.5 Å². The number of rotatable bonds is 10. The van der Waals surface area contributed by atoms with E-state index in [1.165, 1.54) is 0 Å². The maximum atomic E-state index is 11.8. The van der Waals surface area contributed by atoms with Gasteiger partial charge in [0, 0.05) is 12.8 Å². The van der Waals surface area contributed by atoms with Crippen molar-refractivity contribution in [2.75, 3.05) is 0 Å². The van der Waals surface area contributed by atoms with E-state index in [4.69, 9.17) is 10.2 Å². The van der Waals surface area contributed by atoms with Crippen molar-refractivity contribution in [2.24, 2.45) is 0 Å². The minimum Gasteiger partial charge on any atom is -0.481 e. The first kappa shape index (κ1) is 19.5. The van der Waals surface area contributed by atoms with Crippen molar-refractivity contribution in [1.82, 2.24) is 31.3 Å². The van der Waals surface area contributed by atoms with E-state index in [9.17, 15) is 24.3 Å². The summed E-state index contributed by atoms with van der Waals surface area (Å²) in [5.74, 6) is -3.95. The highest BCUT2D eigenvalue weighted by Crippen LogP contribution is 2.06. The number of carbonyl (C=O) groups is 4. The summed E-state index contributed by atoms with van der Waals surface area (Å²) in [5, 5.41) is 43.5. The van der Waals surface area contributed by atoms with E-state index in [1.807, 2.05) is 5.32 Å². The van der Waals surface area contributed by atoms with Crippen LogP contribution in [-0.2, 0) is 20.8 Å². The highest BCUT2D eigenvalue weighted by molar-refractivity contribution is 5.87. The molecular formula is C12H16N6O7. The summed E-state index contributed by atoms with van der Waals surface area (Å²) in [7, 11) is 0. The third kappa shape index (κ3) is 6.64. The van der Waals surface area contributed by atoms with Gasteiger partial charge in [-0.05, 0) is 12.0 Å². The fourth-order valence-corrected chi connectivity index (χ4v) is 1.76. The summed E-state index contributed by atoms with van der Waals surface area (Å²) in [5.41, 5.74) is 0.0291. The number of nitrogens with one attached hydrogen (secondary N) is 3. The lowest BCUT2D eigenvalue weighted by Gasteiger charge is -2.19. The lowest BCUT2D eigenvalue weighted by molar-refractivity contribution is -0.140. The molecule has 1 aromatic rings. The second-order valence-electron chi connectivity index (χ2n) is 4.88. The van der Waals surface area contributed by atoms with Gasteiger partial charge in [-0.1, -0.05) is 11.8 Å². The molecule has 1 heterocycles. The molecule has 2 atom stereocenters. The zero-order valence-electron chi connectivity index (χ0n) is 12.8. The number of tetrazole rings is 1. The number of nitrogens with zero attached hydrogens (tertiary/aromatic N) is 3. The van der Waals surface area contributed by atoms with Crippen LogP contribution in [0, 0.1) is 0 Å². The topological polar surface area (TPSA) is 207 Å². The van der Waals surface area contributed by atoms with Crippen molar-refractivity contribution >= 4 is 23.9 Å². The molecule has 0 saturated carbocycles. The van der Waals surface area contributed by atoms with Gasteiger partial charge < -0.3 is 26.0 Å². The van der Waals surface area contributed by atoms with Gasteiger partial charge in [0.15, 0.2) is 5.82 Å². The number of urea groups is 1. The van der Waals surface area contributed by atoms with E-state index < -0.39 is 42.4 Å². The third-order valence-corrected chi connectivity index (χ3v) is 2.96. The number of carboxylic acid groups (broad SMARTS) is 3. The first-order valence-electron chi connectivity index (χ1n) is 6.85. The molecule has 0 bridgehead atoms. The molecule has 13 nitrogen and oxygen atoms in total. The molecule has 0 saturated heterocycles. The maximum Gasteiger partial charge on any atom is 0.330 e. The molecular weight excluding hydrogens is 340 g/mol. The molecule has 0 aromatic carbocycles. The fourth-order valence-electron chi connectivity index (χ4n) is 1.76. The monoisotopic (exact) mass is 356 g/mol. The molecule has 0 aliphatic heterocycles. The van der Waals surface area contributed by atoms with Gasteiger partial charge in [0.1, 0.15) is 12.1 Å². The number of hydrogen-bond donors (Lipinski definition) is 6. The van der Waals surface area contributed by atoms with Gasteiger partial charge in [0.25, 0.3) is 0 Å². The lowest BCUT2D eigenvalue weighted by atomic mass is 10.1. The van der Waals surface area contributed by atoms with E-state index in [1.54, 1.807) is 0 Å². The normalized spacial score (nSPS) is 12.6. The molecule has 1 rings (SSSR count). The predicted octanol–water partition coefficient (Wildman–Crippen LogP) is -1.63. The molecule has 136 valence electrons. The Hall–Kier alpha value is -3.51. The molecule has 0 aliphatic carbocycles. The Morgan fingerprint density at radius 3 is 2.28 bits per heavy atom. The first-order valence-corrected chi connectivity index (χ1v) is 6.85. The van der Waals surface area contributed by atoms with Gasteiger partial charge in [0.05, 0.1) is 0 Å². The van der Waals surface area contributed by atoms with Crippen molar-refractivity contribution in [3.05, 3.63) is 18.0 Å². The molecule has 0 unspecified atom stereocenters. The smallest absolute Gasteiger partial charge is 0.330 e. The van der Waals surface area contributed by atoms with Crippen LogP contribution in [0.1, 0.15) is 18.7 Å². The average molecular weight is 356 g/mol. The largest absolute Gasteiger partial charge is 0.481 e. The number of hydrogen-bond acceptors (Lipinski definition) is 7. The summed E-state index contributed by atoms with van der Waals surface area (Å²) in [6.45, 7) is 3.54. The first-order chi connectivity index (χ1) is 11.7. The fraction of sp³-hybridized carbons (Fsp3) is 0.417. The van der Waals surface area contributed by atoms with Gasteiger partial charge in [-0.2, -0.15) is 5.21 Å². The van der Waals surface area contributed by atoms with Crippen molar-refractivity contribution in [3.8, 4) is 0 Å². The van der Waals surface area contributed by atoms with Crippen molar-refractivity contribution in [1.29, 1.82) is 0 Å². The summed E-state index contributed by atoms with van der Waals surface area (Å²) in [4.78, 5) is 44.6. The molecule has 2 amide bonds. The van der Waals surface area contributed by atoms with Gasteiger partial charge >= 0.3 is 23.9 Å². The number of carboxylic acids is 3. The SMILES string of the molecule is C=C(Cc1nn[nH]n1)[C@H](NC(=O)N[C@@H](CCC(=O)O)C(=O)O)C(=O)O. The van der Waals surface area contributed by atoms with Crippen LogP contribution in [0.15, 0.2) is 12.2 Å². The molecule has 0 aliphatic rings. The van der Waals surface area contributed by atoms with Crippen LogP contribution in [0.3, 0.4) is 0 Å². The van der Waals surface area contributed by atoms with Crippen LogP contribution in [0.4, 0.5) is 4.79 Å². The molecule has 13 heteroatoms. The Bertz CT molecular complexity index is 659. The molecule has 0 spiro atoms. The second kappa shape index (κ2) is 8.95. The van der Waals surface area contributed by atoms with Crippen LogP contribution >= 0.6 is 0 Å². The standard InChI is InChI=1S/C12H16N6O7/c1-5(4-7-15-17-18-16-7)9(11(23)24)14-12(25)13-6(10(21)22)2-3-8(19)20/h6,9H,1-4H2,(H,19,20)(H,21,22)(H,23,24)(H2,13,14,25)(H,15,16,17,18)/t6-,9-/m0/s1.